The van der Waals surface area contributed by atoms with Crippen LogP contribution in [0, 0.1) is 0 Å². The molecule has 0 atom stereocenters. The number of hydrogen-bond acceptors (Lipinski definition) is 5. The lowest BCUT2D eigenvalue weighted by Crippen LogP contribution is -2.50. The van der Waals surface area contributed by atoms with E-state index in [1.807, 2.05) is 35.2 Å². The highest BCUT2D eigenvalue weighted by Gasteiger charge is 2.22. The van der Waals surface area contributed by atoms with Crippen molar-refractivity contribution in [3.63, 3.8) is 0 Å². The molecular weight excluding hydrogens is 464 g/mol. The van der Waals surface area contributed by atoms with Crippen molar-refractivity contribution < 1.29 is 14.4 Å². The molecule has 4 rings (SSSR count). The third-order valence-electron chi connectivity index (χ3n) is 5.83. The Labute approximate surface area is 209 Å². The number of carbonyl (C=O) groups is 3. The molecule has 1 heterocycles. The topological polar surface area (TPSA) is 81.8 Å². The Kier molecular flexibility index (Phi) is 8.26. The van der Waals surface area contributed by atoms with E-state index in [0.717, 1.165) is 0 Å². The van der Waals surface area contributed by atoms with Crippen LogP contribution >= 0.6 is 11.6 Å². The van der Waals surface area contributed by atoms with Crippen LogP contribution in [0.2, 0.25) is 5.02 Å². The number of para-hydroxylation sites is 2. The van der Waals surface area contributed by atoms with Gasteiger partial charge in [0.05, 0.1) is 29.5 Å². The molecule has 180 valence electrons. The zero-order chi connectivity index (χ0) is 24.6. The smallest absolute Gasteiger partial charge is 0.238 e. The van der Waals surface area contributed by atoms with Gasteiger partial charge in [0.25, 0.3) is 0 Å². The summed E-state index contributed by atoms with van der Waals surface area (Å²) in [5.74, 6) is -0.433. The Morgan fingerprint density at radius 1 is 0.657 bits per heavy atom. The second-order valence-corrected chi connectivity index (χ2v) is 8.78. The van der Waals surface area contributed by atoms with Gasteiger partial charge in [-0.05, 0) is 24.3 Å². The van der Waals surface area contributed by atoms with Crippen molar-refractivity contribution in [3.8, 4) is 0 Å². The quantitative estimate of drug-likeness (QED) is 0.470. The fourth-order valence-electron chi connectivity index (χ4n) is 3.99. The van der Waals surface area contributed by atoms with Crippen LogP contribution in [0.15, 0.2) is 78.9 Å². The number of nitrogens with one attached hydrogen (secondary N) is 2. The number of carbonyl (C=O) groups excluding carboxylic acids is 3. The second kappa shape index (κ2) is 11.8. The largest absolute Gasteiger partial charge is 0.324 e. The van der Waals surface area contributed by atoms with Crippen molar-refractivity contribution in [1.29, 1.82) is 0 Å². The van der Waals surface area contributed by atoms with Gasteiger partial charge in [0, 0.05) is 37.3 Å². The van der Waals surface area contributed by atoms with Crippen LogP contribution in [0.5, 0.6) is 0 Å². The molecule has 1 aliphatic rings. The molecule has 0 radical (unpaired) electrons. The van der Waals surface area contributed by atoms with Crippen LogP contribution in [0.3, 0.4) is 0 Å². The van der Waals surface area contributed by atoms with Crippen molar-refractivity contribution in [2.24, 2.45) is 0 Å². The van der Waals surface area contributed by atoms with E-state index in [1.165, 1.54) is 0 Å². The van der Waals surface area contributed by atoms with Crippen molar-refractivity contribution in [1.82, 2.24) is 9.80 Å². The summed E-state index contributed by atoms with van der Waals surface area (Å²) in [6, 6.07) is 23.2. The molecule has 0 spiro atoms. The first-order valence-electron chi connectivity index (χ1n) is 11.5. The van der Waals surface area contributed by atoms with Crippen molar-refractivity contribution in [3.05, 3.63) is 95.0 Å². The standard InChI is InChI=1S/C27H27ClN4O3/c28-22-11-5-7-13-24(22)30-26(34)19-32-16-14-31(15-17-32)18-25(33)29-23-12-6-4-10-21(23)27(35)20-8-2-1-3-9-20/h1-13H,14-19H2,(H,29,33)(H,30,34). The number of nitrogens with zero attached hydrogens (tertiary/aromatic N) is 2. The molecule has 2 N–H and O–H groups in total. The number of hydrogen-bond donors (Lipinski definition) is 2. The predicted octanol–water partition coefficient (Wildman–Crippen LogP) is 3.77. The molecule has 1 fully saturated rings. The van der Waals surface area contributed by atoms with Gasteiger partial charge in [0.15, 0.2) is 5.78 Å². The Balaban J connectivity index is 1.26. The predicted molar refractivity (Wildman–Crippen MR) is 138 cm³/mol. The molecule has 2 amide bonds. The van der Waals surface area contributed by atoms with E-state index in [4.69, 9.17) is 11.6 Å². The van der Waals surface area contributed by atoms with Crippen LogP contribution in [-0.2, 0) is 9.59 Å². The first kappa shape index (κ1) is 24.6. The van der Waals surface area contributed by atoms with E-state index in [2.05, 4.69) is 15.5 Å². The van der Waals surface area contributed by atoms with Crippen LogP contribution in [0.4, 0.5) is 11.4 Å². The minimum absolute atomic E-state index is 0.121. The maximum absolute atomic E-state index is 12.9. The SMILES string of the molecule is O=C(CN1CCN(CC(=O)Nc2ccccc2C(=O)c2ccccc2)CC1)Nc1ccccc1Cl. The van der Waals surface area contributed by atoms with Gasteiger partial charge in [-0.2, -0.15) is 0 Å². The van der Waals surface area contributed by atoms with Gasteiger partial charge < -0.3 is 10.6 Å². The maximum Gasteiger partial charge on any atom is 0.238 e. The van der Waals surface area contributed by atoms with Crippen LogP contribution in [0.1, 0.15) is 15.9 Å². The Bertz CT molecular complexity index is 1190. The molecule has 0 aromatic heterocycles. The fourth-order valence-corrected chi connectivity index (χ4v) is 4.17. The van der Waals surface area contributed by atoms with E-state index in [9.17, 15) is 14.4 Å². The second-order valence-electron chi connectivity index (χ2n) is 8.37. The van der Waals surface area contributed by atoms with Crippen LogP contribution in [0.25, 0.3) is 0 Å². The highest BCUT2D eigenvalue weighted by molar-refractivity contribution is 6.33. The lowest BCUT2D eigenvalue weighted by molar-refractivity contribution is -0.120. The van der Waals surface area contributed by atoms with Crippen LogP contribution in [-0.4, -0.2) is 66.7 Å². The van der Waals surface area contributed by atoms with Gasteiger partial charge in [-0.25, -0.2) is 0 Å². The van der Waals surface area contributed by atoms with E-state index in [0.29, 0.717) is 53.7 Å². The fraction of sp³-hybridized carbons (Fsp3) is 0.222. The number of anilines is 2. The van der Waals surface area contributed by atoms with Crippen molar-refractivity contribution >= 4 is 40.6 Å². The minimum Gasteiger partial charge on any atom is -0.324 e. The summed E-state index contributed by atoms with van der Waals surface area (Å²) in [6.07, 6.45) is 0. The summed E-state index contributed by atoms with van der Waals surface area (Å²) in [4.78, 5) is 42.1. The average molecular weight is 491 g/mol. The monoisotopic (exact) mass is 490 g/mol. The summed E-state index contributed by atoms with van der Waals surface area (Å²) in [7, 11) is 0. The summed E-state index contributed by atoms with van der Waals surface area (Å²) < 4.78 is 0. The normalized spacial score (nSPS) is 14.3. The third kappa shape index (κ3) is 6.76. The minimum atomic E-state index is -0.178. The van der Waals surface area contributed by atoms with E-state index < -0.39 is 0 Å². The number of halogens is 1. The van der Waals surface area contributed by atoms with E-state index in [-0.39, 0.29) is 30.7 Å². The summed E-state index contributed by atoms with van der Waals surface area (Å²) in [6.45, 7) is 3.15. The Hall–Kier alpha value is -3.52. The molecule has 35 heavy (non-hydrogen) atoms. The zero-order valence-electron chi connectivity index (χ0n) is 19.2. The number of benzene rings is 3. The van der Waals surface area contributed by atoms with Gasteiger partial charge in [-0.3, -0.25) is 24.2 Å². The lowest BCUT2D eigenvalue weighted by atomic mass is 10.0. The summed E-state index contributed by atoms with van der Waals surface area (Å²) in [5, 5.41) is 6.23. The van der Waals surface area contributed by atoms with E-state index >= 15 is 0 Å². The number of piperazine rings is 1. The van der Waals surface area contributed by atoms with Crippen molar-refractivity contribution in [2.45, 2.75) is 0 Å². The first-order valence-corrected chi connectivity index (χ1v) is 11.8. The number of amides is 2. The average Bonchev–Trinajstić information content (AvgIpc) is 2.87. The van der Waals surface area contributed by atoms with Crippen LogP contribution < -0.4 is 10.6 Å². The molecule has 0 aliphatic carbocycles. The maximum atomic E-state index is 12.9. The first-order chi connectivity index (χ1) is 17.0. The molecule has 7 nitrogen and oxygen atoms in total. The van der Waals surface area contributed by atoms with Gasteiger partial charge in [0.1, 0.15) is 0 Å². The highest BCUT2D eigenvalue weighted by atomic mass is 35.5. The molecule has 1 saturated heterocycles. The van der Waals surface area contributed by atoms with E-state index in [1.54, 1.807) is 48.5 Å². The number of ketones is 1. The molecule has 1 aliphatic heterocycles. The van der Waals surface area contributed by atoms with Gasteiger partial charge in [0.2, 0.25) is 11.8 Å². The molecule has 3 aromatic rings. The highest BCUT2D eigenvalue weighted by Crippen LogP contribution is 2.21. The zero-order valence-corrected chi connectivity index (χ0v) is 20.0. The molecule has 8 heteroatoms. The molecule has 0 unspecified atom stereocenters. The third-order valence-corrected chi connectivity index (χ3v) is 6.16. The van der Waals surface area contributed by atoms with Gasteiger partial charge in [-0.1, -0.05) is 66.2 Å². The van der Waals surface area contributed by atoms with Gasteiger partial charge >= 0.3 is 0 Å². The van der Waals surface area contributed by atoms with Crippen molar-refractivity contribution in [2.75, 3.05) is 49.9 Å². The summed E-state index contributed by atoms with van der Waals surface area (Å²) >= 11 is 6.10. The Morgan fingerprint density at radius 2 is 1.14 bits per heavy atom. The Morgan fingerprint density at radius 3 is 1.74 bits per heavy atom. The molecule has 3 aromatic carbocycles. The molecule has 0 saturated carbocycles. The summed E-state index contributed by atoms with van der Waals surface area (Å²) in [5.41, 5.74) is 2.13. The lowest BCUT2D eigenvalue weighted by Gasteiger charge is -2.33. The number of rotatable bonds is 8. The van der Waals surface area contributed by atoms with Gasteiger partial charge in [-0.15, -0.1) is 0 Å². The molecule has 0 bridgehead atoms. The molecular formula is C27H27ClN4O3.